The van der Waals surface area contributed by atoms with Crippen LogP contribution < -0.4 is 0 Å². The third-order valence-corrected chi connectivity index (χ3v) is 4.95. The Morgan fingerprint density at radius 2 is 1.53 bits per heavy atom. The van der Waals surface area contributed by atoms with Crippen LogP contribution in [0.3, 0.4) is 0 Å². The van der Waals surface area contributed by atoms with Crippen LogP contribution in [-0.4, -0.2) is 55.1 Å². The number of carbonyl (C=O) groups excluding carboxylic acids is 1. The van der Waals surface area contributed by atoms with Gasteiger partial charge in [-0.3, -0.25) is 0 Å². The summed E-state index contributed by atoms with van der Waals surface area (Å²) in [4.78, 5) is 29.6. The number of alkyl halides is 6. The van der Waals surface area contributed by atoms with Crippen molar-refractivity contribution < 1.29 is 45.8 Å². The number of carboxylic acids is 1. The summed E-state index contributed by atoms with van der Waals surface area (Å²) in [5, 5.41) is 6.22. The maximum atomic E-state index is 12.3. The van der Waals surface area contributed by atoms with Crippen molar-refractivity contribution in [3.05, 3.63) is 45.0 Å². The van der Waals surface area contributed by atoms with E-state index in [0.717, 1.165) is 10.8 Å². The number of aryl methyl sites for hydroxylation is 1. The summed E-state index contributed by atoms with van der Waals surface area (Å²) in [5.74, 6) is -2.43. The Hall–Kier alpha value is -3.00. The molecule has 16 heteroatoms. The molecular weight excluding hydrogens is 545 g/mol. The summed E-state index contributed by atoms with van der Waals surface area (Å²) in [6.45, 7) is 3.43. The Bertz CT molecular complexity index is 1170. The Morgan fingerprint density at radius 3 is 1.97 bits per heavy atom. The van der Waals surface area contributed by atoms with Gasteiger partial charge in [0.25, 0.3) is 0 Å². The minimum atomic E-state index is -4.67. The third-order valence-electron chi connectivity index (χ3n) is 4.30. The van der Waals surface area contributed by atoms with Gasteiger partial charge in [-0.1, -0.05) is 30.1 Å². The topological polar surface area (TPSA) is 99.2 Å². The standard InChI is InChI=1S/2C10H10ClF3N2O2/c1-3-18-9(17)8-15-5-6(16(8)2)4-7(11)10(12,13)14;1-3-5-6(4-7(11)10(12,13)14)16(2)8(15-5)9(17)18/h4-5H,3H2,1-2H3;4H,3H2,1-2H3,(H,17,18)/b2*7-4-. The van der Waals surface area contributed by atoms with Crippen molar-refractivity contribution in [2.45, 2.75) is 32.6 Å². The summed E-state index contributed by atoms with van der Waals surface area (Å²) in [6, 6.07) is 0. The predicted molar refractivity (Wildman–Crippen MR) is 118 cm³/mol. The molecule has 0 saturated heterocycles. The second-order valence-corrected chi connectivity index (χ2v) is 7.57. The Kier molecular flexibility index (Phi) is 10.6. The first-order chi connectivity index (χ1) is 16.4. The molecule has 2 aromatic heterocycles. The van der Waals surface area contributed by atoms with Gasteiger partial charge in [0.05, 0.1) is 29.9 Å². The molecule has 0 spiro atoms. The average molecular weight is 565 g/mol. The number of rotatable bonds is 6. The van der Waals surface area contributed by atoms with E-state index >= 15 is 0 Å². The van der Waals surface area contributed by atoms with Crippen LogP contribution in [0.15, 0.2) is 16.3 Å². The van der Waals surface area contributed by atoms with E-state index in [2.05, 4.69) is 9.97 Å². The van der Waals surface area contributed by atoms with E-state index in [1.807, 2.05) is 0 Å². The smallest absolute Gasteiger partial charge is 0.427 e. The van der Waals surface area contributed by atoms with E-state index < -0.39 is 34.4 Å². The number of ether oxygens (including phenoxy) is 1. The largest absolute Gasteiger partial charge is 0.475 e. The summed E-state index contributed by atoms with van der Waals surface area (Å²) in [5.41, 5.74) is 0.343. The van der Waals surface area contributed by atoms with Gasteiger partial charge in [-0.15, -0.1) is 0 Å². The predicted octanol–water partition coefficient (Wildman–Crippen LogP) is 5.56. The molecule has 0 atom stereocenters. The molecule has 0 aliphatic heterocycles. The van der Waals surface area contributed by atoms with Gasteiger partial charge in [0.2, 0.25) is 11.6 Å². The maximum absolute atomic E-state index is 12.3. The van der Waals surface area contributed by atoms with E-state index in [9.17, 15) is 35.9 Å². The van der Waals surface area contributed by atoms with Gasteiger partial charge in [-0.2, -0.15) is 26.3 Å². The number of imidazole rings is 2. The lowest BCUT2D eigenvalue weighted by Gasteiger charge is -2.05. The number of carboxylic acid groups (broad SMARTS) is 1. The Balaban J connectivity index is 0.000000360. The van der Waals surface area contributed by atoms with Crippen LogP contribution in [0.25, 0.3) is 12.2 Å². The maximum Gasteiger partial charge on any atom is 0.427 e. The monoisotopic (exact) mass is 564 g/mol. The van der Waals surface area contributed by atoms with Crippen LogP contribution in [0.4, 0.5) is 26.3 Å². The zero-order chi connectivity index (χ0) is 28.0. The molecule has 0 radical (unpaired) electrons. The van der Waals surface area contributed by atoms with Gasteiger partial charge in [0, 0.05) is 14.1 Å². The lowest BCUT2D eigenvalue weighted by atomic mass is 10.2. The van der Waals surface area contributed by atoms with Crippen LogP contribution in [0.5, 0.6) is 0 Å². The van der Waals surface area contributed by atoms with E-state index in [1.54, 1.807) is 13.8 Å². The van der Waals surface area contributed by atoms with Crippen LogP contribution in [-0.2, 0) is 25.3 Å². The number of aromatic nitrogens is 4. The van der Waals surface area contributed by atoms with E-state index in [1.165, 1.54) is 18.7 Å². The molecule has 8 nitrogen and oxygen atoms in total. The zero-order valence-corrected chi connectivity index (χ0v) is 20.6. The van der Waals surface area contributed by atoms with E-state index in [4.69, 9.17) is 33.0 Å². The molecule has 0 aliphatic carbocycles. The molecule has 0 bridgehead atoms. The fraction of sp³-hybridized carbons (Fsp3) is 0.400. The summed E-state index contributed by atoms with van der Waals surface area (Å²) >= 11 is 10.2. The molecule has 2 rings (SSSR count). The molecule has 0 fully saturated rings. The van der Waals surface area contributed by atoms with Crippen molar-refractivity contribution in [2.75, 3.05) is 6.61 Å². The van der Waals surface area contributed by atoms with Crippen molar-refractivity contribution in [1.82, 2.24) is 19.1 Å². The molecule has 0 unspecified atom stereocenters. The number of halogens is 8. The number of esters is 1. The van der Waals surface area contributed by atoms with Gasteiger partial charge in [0.1, 0.15) is 10.1 Å². The van der Waals surface area contributed by atoms with Crippen LogP contribution in [0.2, 0.25) is 0 Å². The molecule has 0 aliphatic rings. The van der Waals surface area contributed by atoms with Crippen molar-refractivity contribution >= 4 is 47.3 Å². The first-order valence-corrected chi connectivity index (χ1v) is 10.6. The van der Waals surface area contributed by atoms with Crippen LogP contribution in [0.1, 0.15) is 52.2 Å². The lowest BCUT2D eigenvalue weighted by molar-refractivity contribution is -0.0846. The molecule has 0 aromatic carbocycles. The lowest BCUT2D eigenvalue weighted by Crippen LogP contribution is -2.12. The number of allylic oxidation sites excluding steroid dienone is 2. The van der Waals surface area contributed by atoms with Gasteiger partial charge >= 0.3 is 24.3 Å². The number of hydrogen-bond acceptors (Lipinski definition) is 5. The quantitative estimate of drug-likeness (QED) is 0.364. The van der Waals surface area contributed by atoms with E-state index in [-0.39, 0.29) is 35.3 Å². The molecule has 1 N–H and O–H groups in total. The van der Waals surface area contributed by atoms with Crippen molar-refractivity contribution in [3.8, 4) is 0 Å². The highest BCUT2D eigenvalue weighted by molar-refractivity contribution is 6.32. The number of carbonyl (C=O) groups is 2. The molecule has 0 saturated carbocycles. The number of aromatic carboxylic acids is 1. The highest BCUT2D eigenvalue weighted by Crippen LogP contribution is 2.31. The normalized spacial score (nSPS) is 12.8. The van der Waals surface area contributed by atoms with Crippen LogP contribution in [0, 0.1) is 0 Å². The Labute approximate surface area is 210 Å². The molecular formula is C20H20Cl2F6N4O4. The van der Waals surface area contributed by atoms with E-state index in [0.29, 0.717) is 18.6 Å². The van der Waals surface area contributed by atoms with Gasteiger partial charge in [-0.25, -0.2) is 19.6 Å². The number of nitrogens with zero attached hydrogens (tertiary/aromatic N) is 4. The fourth-order valence-electron chi connectivity index (χ4n) is 2.56. The fourth-order valence-corrected chi connectivity index (χ4v) is 2.77. The van der Waals surface area contributed by atoms with Gasteiger partial charge < -0.3 is 19.0 Å². The van der Waals surface area contributed by atoms with Gasteiger partial charge in [-0.05, 0) is 25.5 Å². The van der Waals surface area contributed by atoms with Crippen molar-refractivity contribution in [1.29, 1.82) is 0 Å². The third kappa shape index (κ3) is 8.01. The number of hydrogen-bond donors (Lipinski definition) is 1. The van der Waals surface area contributed by atoms with Crippen LogP contribution >= 0.6 is 23.2 Å². The minimum Gasteiger partial charge on any atom is -0.475 e. The second kappa shape index (κ2) is 12.3. The minimum absolute atomic E-state index is 0.0391. The zero-order valence-electron chi connectivity index (χ0n) is 19.1. The highest BCUT2D eigenvalue weighted by atomic mass is 35.5. The van der Waals surface area contributed by atoms with Gasteiger partial charge in [0.15, 0.2) is 0 Å². The summed E-state index contributed by atoms with van der Waals surface area (Å²) in [7, 11) is 2.72. The highest BCUT2D eigenvalue weighted by Gasteiger charge is 2.34. The average Bonchev–Trinajstić information content (AvgIpc) is 3.27. The summed E-state index contributed by atoms with van der Waals surface area (Å²) < 4.78 is 80.6. The Morgan fingerprint density at radius 1 is 1.00 bits per heavy atom. The second-order valence-electron chi connectivity index (χ2n) is 6.75. The molecule has 2 heterocycles. The first-order valence-electron chi connectivity index (χ1n) is 9.82. The first kappa shape index (κ1) is 31.0. The molecule has 2 aromatic rings. The molecule has 0 amide bonds. The SMILES string of the molecule is CCOC(=O)c1ncc(/C=C(\Cl)C(F)(F)F)n1C.CCc1nc(C(=O)O)n(C)c1/C=C(\Cl)C(F)(F)F. The molecule has 36 heavy (non-hydrogen) atoms. The van der Waals surface area contributed by atoms with Crippen molar-refractivity contribution in [3.63, 3.8) is 0 Å². The summed E-state index contributed by atoms with van der Waals surface area (Å²) in [6.07, 6.45) is -6.51. The van der Waals surface area contributed by atoms with Crippen molar-refractivity contribution in [2.24, 2.45) is 14.1 Å². The molecule has 200 valence electrons.